The molecule has 3 N–H and O–H groups in total. The number of hydrogen-bond acceptors (Lipinski definition) is 3. The molecule has 2 atom stereocenters. The minimum Gasteiger partial charge on any atom is -0.488 e. The molecule has 1 aromatic rings. The summed E-state index contributed by atoms with van der Waals surface area (Å²) >= 11 is 0. The van der Waals surface area contributed by atoms with Gasteiger partial charge in [-0.2, -0.15) is 0 Å². The van der Waals surface area contributed by atoms with Crippen molar-refractivity contribution in [1.82, 2.24) is 5.32 Å². The second-order valence-corrected chi connectivity index (χ2v) is 6.14. The summed E-state index contributed by atoms with van der Waals surface area (Å²) in [6, 6.07) is 7.46. The molecule has 0 saturated heterocycles. The molecule has 1 aliphatic heterocycles. The van der Waals surface area contributed by atoms with Crippen LogP contribution in [0, 0.1) is 5.41 Å². The Labute approximate surface area is 114 Å². The lowest BCUT2D eigenvalue weighted by atomic mass is 9.87. The van der Waals surface area contributed by atoms with Crippen molar-refractivity contribution in [3.05, 3.63) is 29.8 Å². The Hall–Kier alpha value is -1.55. The first-order valence-corrected chi connectivity index (χ1v) is 6.66. The molecule has 104 valence electrons. The van der Waals surface area contributed by atoms with Gasteiger partial charge >= 0.3 is 0 Å². The van der Waals surface area contributed by atoms with Gasteiger partial charge in [-0.3, -0.25) is 4.79 Å². The summed E-state index contributed by atoms with van der Waals surface area (Å²) in [6.07, 6.45) is 0.842. The Kier molecular flexibility index (Phi) is 3.80. The van der Waals surface area contributed by atoms with E-state index in [1.54, 1.807) is 0 Å². The Balaban J connectivity index is 1.84. The van der Waals surface area contributed by atoms with Crippen LogP contribution in [0.4, 0.5) is 0 Å². The molecule has 0 aromatic heterocycles. The maximum atomic E-state index is 11.9. The molecule has 4 nitrogen and oxygen atoms in total. The lowest BCUT2D eigenvalue weighted by Gasteiger charge is -2.26. The van der Waals surface area contributed by atoms with Crippen molar-refractivity contribution in [2.24, 2.45) is 11.1 Å². The molecular formula is C15H22N2O2. The van der Waals surface area contributed by atoms with Gasteiger partial charge in [-0.25, -0.2) is 0 Å². The highest BCUT2D eigenvalue weighted by atomic mass is 16.5. The lowest BCUT2D eigenvalue weighted by molar-refractivity contribution is -0.124. The molecule has 1 aliphatic rings. The Morgan fingerprint density at radius 3 is 2.79 bits per heavy atom. The Morgan fingerprint density at radius 1 is 1.47 bits per heavy atom. The number of rotatable bonds is 3. The topological polar surface area (TPSA) is 64.4 Å². The molecule has 19 heavy (non-hydrogen) atoms. The average molecular weight is 262 g/mol. The maximum Gasteiger partial charge on any atom is 0.237 e. The SMILES string of the molecule is CC(C)(C)[C@H](N)C(=O)NCC1Cc2ccccc2O1. The number of nitrogens with two attached hydrogens (primary N) is 1. The summed E-state index contributed by atoms with van der Waals surface area (Å²) in [5.41, 5.74) is 6.87. The number of nitrogens with one attached hydrogen (secondary N) is 1. The van der Waals surface area contributed by atoms with E-state index >= 15 is 0 Å². The molecule has 1 aromatic carbocycles. The van der Waals surface area contributed by atoms with E-state index in [0.29, 0.717) is 6.54 Å². The predicted octanol–water partition coefficient (Wildman–Crippen LogP) is 1.48. The zero-order valence-corrected chi connectivity index (χ0v) is 11.8. The number of carbonyl (C=O) groups is 1. The molecule has 1 amide bonds. The number of carbonyl (C=O) groups excluding carboxylic acids is 1. The molecular weight excluding hydrogens is 240 g/mol. The fourth-order valence-corrected chi connectivity index (χ4v) is 2.09. The quantitative estimate of drug-likeness (QED) is 0.867. The minimum atomic E-state index is -0.503. The van der Waals surface area contributed by atoms with Gasteiger partial charge in [-0.15, -0.1) is 0 Å². The fraction of sp³-hybridized carbons (Fsp3) is 0.533. The van der Waals surface area contributed by atoms with Crippen LogP contribution in [0.5, 0.6) is 5.75 Å². The lowest BCUT2D eigenvalue weighted by Crippen LogP contribution is -2.50. The van der Waals surface area contributed by atoms with Gasteiger partial charge in [0.05, 0.1) is 12.6 Å². The van der Waals surface area contributed by atoms with Gasteiger partial charge in [-0.05, 0) is 17.0 Å². The number of hydrogen-bond donors (Lipinski definition) is 2. The average Bonchev–Trinajstić information content (AvgIpc) is 2.76. The van der Waals surface area contributed by atoms with E-state index in [1.165, 1.54) is 5.56 Å². The van der Waals surface area contributed by atoms with Crippen LogP contribution < -0.4 is 15.8 Å². The van der Waals surface area contributed by atoms with Crippen molar-refractivity contribution < 1.29 is 9.53 Å². The fourth-order valence-electron chi connectivity index (χ4n) is 2.09. The summed E-state index contributed by atoms with van der Waals surface area (Å²) in [5, 5.41) is 2.88. The third kappa shape index (κ3) is 3.26. The minimum absolute atomic E-state index is 0.00789. The van der Waals surface area contributed by atoms with Crippen LogP contribution in [0.3, 0.4) is 0 Å². The van der Waals surface area contributed by atoms with Crippen LogP contribution in [0.25, 0.3) is 0 Å². The molecule has 0 spiro atoms. The largest absolute Gasteiger partial charge is 0.488 e. The molecule has 0 aliphatic carbocycles. The van der Waals surface area contributed by atoms with E-state index in [4.69, 9.17) is 10.5 Å². The summed E-state index contributed by atoms with van der Waals surface area (Å²) in [6.45, 7) is 6.37. The Morgan fingerprint density at radius 2 is 2.16 bits per heavy atom. The summed E-state index contributed by atoms with van der Waals surface area (Å²) < 4.78 is 5.77. The molecule has 1 unspecified atom stereocenters. The van der Waals surface area contributed by atoms with Crippen molar-refractivity contribution in [3.63, 3.8) is 0 Å². The van der Waals surface area contributed by atoms with Gasteiger partial charge in [0, 0.05) is 6.42 Å². The van der Waals surface area contributed by atoms with Crippen LogP contribution in [0.2, 0.25) is 0 Å². The number of para-hydroxylation sites is 1. The van der Waals surface area contributed by atoms with Crippen molar-refractivity contribution in [2.75, 3.05) is 6.54 Å². The van der Waals surface area contributed by atoms with Crippen LogP contribution in [-0.4, -0.2) is 24.6 Å². The van der Waals surface area contributed by atoms with Crippen molar-refractivity contribution in [2.45, 2.75) is 39.3 Å². The zero-order chi connectivity index (χ0) is 14.0. The predicted molar refractivity (Wildman–Crippen MR) is 75.0 cm³/mol. The molecule has 0 fully saturated rings. The second-order valence-electron chi connectivity index (χ2n) is 6.14. The number of fused-ring (bicyclic) bond motifs is 1. The number of ether oxygens (including phenoxy) is 1. The monoisotopic (exact) mass is 262 g/mol. The Bertz CT molecular complexity index is 440. The first kappa shape index (κ1) is 13.9. The van der Waals surface area contributed by atoms with Gasteiger partial charge in [0.15, 0.2) is 0 Å². The smallest absolute Gasteiger partial charge is 0.237 e. The highest BCUT2D eigenvalue weighted by Crippen LogP contribution is 2.27. The molecule has 1 heterocycles. The second kappa shape index (κ2) is 5.21. The molecule has 4 heteroatoms. The zero-order valence-electron chi connectivity index (χ0n) is 11.8. The number of amides is 1. The van der Waals surface area contributed by atoms with E-state index in [2.05, 4.69) is 11.4 Å². The van der Waals surface area contributed by atoms with Crippen LogP contribution in [-0.2, 0) is 11.2 Å². The number of benzene rings is 1. The normalized spacial score (nSPS) is 19.5. The third-order valence-electron chi connectivity index (χ3n) is 3.43. The van der Waals surface area contributed by atoms with E-state index < -0.39 is 6.04 Å². The summed E-state index contributed by atoms with van der Waals surface area (Å²) in [5.74, 6) is 0.800. The van der Waals surface area contributed by atoms with Crippen molar-refractivity contribution in [1.29, 1.82) is 0 Å². The van der Waals surface area contributed by atoms with Gasteiger partial charge in [-0.1, -0.05) is 39.0 Å². The van der Waals surface area contributed by atoms with Gasteiger partial charge in [0.2, 0.25) is 5.91 Å². The van der Waals surface area contributed by atoms with Crippen LogP contribution >= 0.6 is 0 Å². The summed E-state index contributed by atoms with van der Waals surface area (Å²) in [7, 11) is 0. The molecule has 0 saturated carbocycles. The van der Waals surface area contributed by atoms with Gasteiger partial charge in [0.25, 0.3) is 0 Å². The third-order valence-corrected chi connectivity index (χ3v) is 3.43. The van der Waals surface area contributed by atoms with Crippen molar-refractivity contribution >= 4 is 5.91 Å². The highest BCUT2D eigenvalue weighted by molar-refractivity contribution is 5.82. The maximum absolute atomic E-state index is 11.9. The van der Waals surface area contributed by atoms with Gasteiger partial charge in [0.1, 0.15) is 11.9 Å². The first-order chi connectivity index (χ1) is 8.88. The van der Waals surface area contributed by atoms with E-state index in [1.807, 2.05) is 39.0 Å². The standard InChI is InChI=1S/C15H22N2O2/c1-15(2,3)13(16)14(18)17-9-11-8-10-6-4-5-7-12(10)19-11/h4-7,11,13H,8-9,16H2,1-3H3,(H,17,18)/t11?,13-/m1/s1. The van der Waals surface area contributed by atoms with E-state index in [-0.39, 0.29) is 17.4 Å². The first-order valence-electron chi connectivity index (χ1n) is 6.66. The molecule has 0 radical (unpaired) electrons. The summed E-state index contributed by atoms with van der Waals surface area (Å²) in [4.78, 5) is 11.9. The highest BCUT2D eigenvalue weighted by Gasteiger charge is 2.29. The van der Waals surface area contributed by atoms with Crippen LogP contribution in [0.1, 0.15) is 26.3 Å². The van der Waals surface area contributed by atoms with Gasteiger partial charge < -0.3 is 15.8 Å². The van der Waals surface area contributed by atoms with Crippen LogP contribution in [0.15, 0.2) is 24.3 Å². The molecule has 2 rings (SSSR count). The molecule has 0 bridgehead atoms. The van der Waals surface area contributed by atoms with E-state index in [0.717, 1.165) is 12.2 Å². The van der Waals surface area contributed by atoms with E-state index in [9.17, 15) is 4.79 Å². The van der Waals surface area contributed by atoms with Crippen molar-refractivity contribution in [3.8, 4) is 5.75 Å².